The summed E-state index contributed by atoms with van der Waals surface area (Å²) in [6.45, 7) is 5.75. The average molecular weight is 367 g/mol. The van der Waals surface area contributed by atoms with E-state index >= 15 is 0 Å². The number of carboxylic acid groups (broad SMARTS) is 1. The number of hydrogen-bond acceptors (Lipinski definition) is 2. The predicted octanol–water partition coefficient (Wildman–Crippen LogP) is 5.58. The summed E-state index contributed by atoms with van der Waals surface area (Å²) in [5.41, 5.74) is 0.508. The Morgan fingerprint density at radius 2 is 1.75 bits per heavy atom. The van der Waals surface area contributed by atoms with Crippen molar-refractivity contribution < 1.29 is 14.6 Å². The molecule has 0 bridgehead atoms. The molecule has 128 valence electrons. The molecule has 24 heavy (non-hydrogen) atoms. The molecule has 0 aliphatic rings. The fraction of sp³-hybridized carbons (Fsp3) is 0.316. The van der Waals surface area contributed by atoms with Crippen LogP contribution in [0, 0.1) is 0 Å². The third-order valence-corrected chi connectivity index (χ3v) is 4.61. The monoisotopic (exact) mass is 366 g/mol. The van der Waals surface area contributed by atoms with Gasteiger partial charge in [-0.15, -0.1) is 0 Å². The zero-order chi connectivity index (χ0) is 17.9. The van der Waals surface area contributed by atoms with Gasteiger partial charge in [0.1, 0.15) is 5.75 Å². The molecule has 3 nitrogen and oxygen atoms in total. The maximum Gasteiger partial charge on any atom is 0.348 e. The van der Waals surface area contributed by atoms with Crippen LogP contribution in [0.5, 0.6) is 5.75 Å². The van der Waals surface area contributed by atoms with E-state index < -0.39 is 11.6 Å². The van der Waals surface area contributed by atoms with Crippen LogP contribution in [0.25, 0.3) is 0 Å². The Balaban J connectivity index is 2.23. The van der Waals surface area contributed by atoms with Crippen LogP contribution in [0.1, 0.15) is 37.8 Å². The van der Waals surface area contributed by atoms with Crippen LogP contribution in [0.2, 0.25) is 10.0 Å². The number of rotatable bonds is 6. The van der Waals surface area contributed by atoms with Crippen LogP contribution >= 0.6 is 23.2 Å². The van der Waals surface area contributed by atoms with Crippen molar-refractivity contribution in [3.63, 3.8) is 0 Å². The van der Waals surface area contributed by atoms with Crippen LogP contribution in [-0.4, -0.2) is 16.7 Å². The van der Waals surface area contributed by atoms with Crippen molar-refractivity contribution in [2.24, 2.45) is 0 Å². The van der Waals surface area contributed by atoms with Crippen LogP contribution in [0.15, 0.2) is 42.5 Å². The summed E-state index contributed by atoms with van der Waals surface area (Å²) in [6, 6.07) is 12.6. The smallest absolute Gasteiger partial charge is 0.348 e. The second-order valence-corrected chi connectivity index (χ2v) is 7.10. The van der Waals surface area contributed by atoms with Gasteiger partial charge in [-0.2, -0.15) is 0 Å². The third kappa shape index (κ3) is 4.43. The number of benzene rings is 2. The van der Waals surface area contributed by atoms with E-state index in [0.29, 0.717) is 21.7 Å². The molecule has 0 radical (unpaired) electrons. The van der Waals surface area contributed by atoms with E-state index in [1.54, 1.807) is 37.3 Å². The van der Waals surface area contributed by atoms with E-state index in [2.05, 4.69) is 13.8 Å². The molecule has 0 heterocycles. The van der Waals surface area contributed by atoms with Gasteiger partial charge >= 0.3 is 5.97 Å². The summed E-state index contributed by atoms with van der Waals surface area (Å²) in [6.07, 6.45) is 0.172. The first-order chi connectivity index (χ1) is 11.2. The zero-order valence-corrected chi connectivity index (χ0v) is 15.4. The second-order valence-electron chi connectivity index (χ2n) is 6.29. The quantitative estimate of drug-likeness (QED) is 0.725. The highest BCUT2D eigenvalue weighted by Crippen LogP contribution is 2.28. The first-order valence-corrected chi connectivity index (χ1v) is 8.43. The number of halogens is 2. The topological polar surface area (TPSA) is 46.5 Å². The highest BCUT2D eigenvalue weighted by molar-refractivity contribution is 6.42. The van der Waals surface area contributed by atoms with E-state index in [9.17, 15) is 9.90 Å². The highest BCUT2D eigenvalue weighted by atomic mass is 35.5. The molecule has 0 aromatic heterocycles. The predicted molar refractivity (Wildman–Crippen MR) is 97.4 cm³/mol. The Bertz CT molecular complexity index is 726. The molecule has 2 aromatic rings. The Labute approximate surface area is 152 Å². The van der Waals surface area contributed by atoms with Gasteiger partial charge in [0.05, 0.1) is 10.0 Å². The number of carbonyl (C=O) groups is 1. The minimum absolute atomic E-state index is 0.172. The van der Waals surface area contributed by atoms with E-state index in [4.69, 9.17) is 27.9 Å². The molecule has 0 aliphatic heterocycles. The summed E-state index contributed by atoms with van der Waals surface area (Å²) in [5, 5.41) is 10.5. The normalized spacial score (nSPS) is 13.6. The van der Waals surface area contributed by atoms with Crippen molar-refractivity contribution in [3.8, 4) is 5.75 Å². The van der Waals surface area contributed by atoms with E-state index in [1.165, 1.54) is 5.56 Å². The maximum absolute atomic E-state index is 11.8. The number of ether oxygens (including phenoxy) is 1. The molecule has 2 rings (SSSR count). The molecule has 0 aliphatic carbocycles. The van der Waals surface area contributed by atoms with Gasteiger partial charge in [-0.05, 0) is 48.2 Å². The lowest BCUT2D eigenvalue weighted by Crippen LogP contribution is -2.43. The van der Waals surface area contributed by atoms with Gasteiger partial charge in [0.15, 0.2) is 0 Å². The lowest BCUT2D eigenvalue weighted by molar-refractivity contribution is -0.153. The lowest BCUT2D eigenvalue weighted by atomic mass is 9.96. The Hall–Kier alpha value is -1.71. The summed E-state index contributed by atoms with van der Waals surface area (Å²) in [5.74, 6) is -0.119. The minimum atomic E-state index is -1.41. The lowest BCUT2D eigenvalue weighted by Gasteiger charge is -2.27. The van der Waals surface area contributed by atoms with Crippen molar-refractivity contribution in [2.45, 2.75) is 38.7 Å². The molecule has 0 unspecified atom stereocenters. The van der Waals surface area contributed by atoms with E-state index in [-0.39, 0.29) is 6.42 Å². The zero-order valence-electron chi connectivity index (χ0n) is 13.8. The molecule has 2 aromatic carbocycles. The Morgan fingerprint density at radius 3 is 2.25 bits per heavy atom. The van der Waals surface area contributed by atoms with Crippen LogP contribution < -0.4 is 4.74 Å². The first kappa shape index (κ1) is 18.6. The average Bonchev–Trinajstić information content (AvgIpc) is 2.51. The van der Waals surface area contributed by atoms with Gasteiger partial charge in [0.25, 0.3) is 0 Å². The SMILES string of the molecule is CC(C)c1ccc(O[C@](C)(Cc2ccc(Cl)c(Cl)c2)C(=O)O)cc1. The maximum atomic E-state index is 11.8. The number of hydrogen-bond donors (Lipinski definition) is 1. The minimum Gasteiger partial charge on any atom is -0.478 e. The molecule has 0 amide bonds. The molecule has 0 saturated carbocycles. The first-order valence-electron chi connectivity index (χ1n) is 7.67. The molecular weight excluding hydrogens is 347 g/mol. The molecule has 0 fully saturated rings. The molecule has 0 spiro atoms. The number of carboxylic acids is 1. The van der Waals surface area contributed by atoms with Gasteiger partial charge < -0.3 is 9.84 Å². The van der Waals surface area contributed by atoms with Crippen LogP contribution in [0.3, 0.4) is 0 Å². The van der Waals surface area contributed by atoms with Gasteiger partial charge in [-0.1, -0.05) is 55.2 Å². The van der Waals surface area contributed by atoms with Crippen molar-refractivity contribution in [1.29, 1.82) is 0 Å². The molecule has 1 atom stereocenters. The van der Waals surface area contributed by atoms with Crippen molar-refractivity contribution in [1.82, 2.24) is 0 Å². The standard InChI is InChI=1S/C19H20Cl2O3/c1-12(2)14-5-7-15(8-6-14)24-19(3,18(22)23)11-13-4-9-16(20)17(21)10-13/h4-10,12H,11H2,1-3H3,(H,22,23)/t19-/m1/s1. The fourth-order valence-corrected chi connectivity index (χ4v) is 2.70. The van der Waals surface area contributed by atoms with Gasteiger partial charge in [-0.25, -0.2) is 4.79 Å². The fourth-order valence-electron chi connectivity index (χ4n) is 2.38. The Kier molecular flexibility index (Phi) is 5.79. The van der Waals surface area contributed by atoms with Crippen LogP contribution in [-0.2, 0) is 11.2 Å². The summed E-state index contributed by atoms with van der Waals surface area (Å²) >= 11 is 11.9. The third-order valence-electron chi connectivity index (χ3n) is 3.87. The Morgan fingerprint density at radius 1 is 1.12 bits per heavy atom. The second kappa shape index (κ2) is 7.45. The van der Waals surface area contributed by atoms with Gasteiger partial charge in [0.2, 0.25) is 5.60 Å². The summed E-state index contributed by atoms with van der Waals surface area (Å²) < 4.78 is 5.80. The summed E-state index contributed by atoms with van der Waals surface area (Å²) in [4.78, 5) is 11.8. The largest absolute Gasteiger partial charge is 0.478 e. The molecular formula is C19H20Cl2O3. The molecule has 0 saturated heterocycles. The number of aliphatic carboxylic acids is 1. The van der Waals surface area contributed by atoms with Crippen molar-refractivity contribution >= 4 is 29.2 Å². The van der Waals surface area contributed by atoms with Crippen molar-refractivity contribution in [3.05, 3.63) is 63.6 Å². The highest BCUT2D eigenvalue weighted by Gasteiger charge is 2.36. The van der Waals surface area contributed by atoms with Gasteiger partial charge in [0, 0.05) is 6.42 Å². The van der Waals surface area contributed by atoms with E-state index in [1.807, 2.05) is 12.1 Å². The van der Waals surface area contributed by atoms with Crippen molar-refractivity contribution in [2.75, 3.05) is 0 Å². The van der Waals surface area contributed by atoms with E-state index in [0.717, 1.165) is 5.56 Å². The van der Waals surface area contributed by atoms with Gasteiger partial charge in [-0.3, -0.25) is 0 Å². The summed E-state index contributed by atoms with van der Waals surface area (Å²) in [7, 11) is 0. The van der Waals surface area contributed by atoms with Crippen LogP contribution in [0.4, 0.5) is 0 Å². The molecule has 5 heteroatoms. The molecule has 1 N–H and O–H groups in total.